The Kier molecular flexibility index (Phi) is 2.15. The average Bonchev–Trinajstić information content (AvgIpc) is 3.06. The van der Waals surface area contributed by atoms with E-state index in [1.165, 1.54) is 0 Å². The molecule has 0 radical (unpaired) electrons. The summed E-state index contributed by atoms with van der Waals surface area (Å²) < 4.78 is 3.32. The maximum Gasteiger partial charge on any atom is 0.202 e. The monoisotopic (exact) mass is 290 g/mol. The fourth-order valence-electron chi connectivity index (χ4n) is 2.03. The van der Waals surface area contributed by atoms with Crippen molar-refractivity contribution in [3.8, 4) is 11.5 Å². The zero-order chi connectivity index (χ0) is 13.0. The quantitative estimate of drug-likeness (QED) is 0.540. The zero-order valence-electron chi connectivity index (χ0n) is 9.78. The summed E-state index contributed by atoms with van der Waals surface area (Å²) in [6.45, 7) is 0. The Morgan fingerprint density at radius 2 is 2.26 bits per heavy atom. The highest BCUT2D eigenvalue weighted by molar-refractivity contribution is 7.16. The lowest BCUT2D eigenvalue weighted by Crippen LogP contribution is -1.95. The fourth-order valence-corrected chi connectivity index (χ4v) is 3.01. The van der Waals surface area contributed by atoms with Crippen LogP contribution < -0.4 is 0 Å². The topological polar surface area (TPSA) is 60.9 Å². The van der Waals surface area contributed by atoms with E-state index in [1.807, 2.05) is 18.5 Å². The van der Waals surface area contributed by atoms with Crippen LogP contribution >= 0.6 is 22.9 Å². The van der Waals surface area contributed by atoms with E-state index >= 15 is 0 Å². The molecular weight excluding hydrogens is 284 g/mol. The summed E-state index contributed by atoms with van der Waals surface area (Å²) in [4.78, 5) is 9.83. The van der Waals surface area contributed by atoms with Crippen molar-refractivity contribution in [3.05, 3.63) is 29.0 Å². The maximum absolute atomic E-state index is 6.12. The highest BCUT2D eigenvalue weighted by Crippen LogP contribution is 2.27. The van der Waals surface area contributed by atoms with E-state index in [4.69, 9.17) is 11.6 Å². The number of nitrogens with zero attached hydrogens (tertiary/aromatic N) is 6. The molecule has 0 amide bonds. The second-order valence-corrected chi connectivity index (χ2v) is 5.35. The van der Waals surface area contributed by atoms with Crippen molar-refractivity contribution in [2.75, 3.05) is 0 Å². The van der Waals surface area contributed by atoms with Crippen LogP contribution in [0.5, 0.6) is 0 Å². The van der Waals surface area contributed by atoms with E-state index in [0.717, 1.165) is 15.9 Å². The van der Waals surface area contributed by atoms with Crippen LogP contribution in [0.2, 0.25) is 5.02 Å². The highest BCUT2D eigenvalue weighted by Gasteiger charge is 2.16. The Morgan fingerprint density at radius 3 is 3.05 bits per heavy atom. The first-order valence-corrected chi connectivity index (χ1v) is 6.76. The van der Waals surface area contributed by atoms with Crippen LogP contribution in [0.25, 0.3) is 27.4 Å². The normalized spacial score (nSPS) is 11.7. The molecule has 0 saturated heterocycles. The first-order valence-electron chi connectivity index (χ1n) is 5.50. The van der Waals surface area contributed by atoms with Crippen molar-refractivity contribution in [2.45, 2.75) is 0 Å². The van der Waals surface area contributed by atoms with Gasteiger partial charge in [0.2, 0.25) is 5.82 Å². The van der Waals surface area contributed by atoms with Gasteiger partial charge in [-0.1, -0.05) is 11.6 Å². The summed E-state index contributed by atoms with van der Waals surface area (Å²) in [5, 5.41) is 12.0. The SMILES string of the molecule is Cn1ncc(Cl)c1-c1nc2c3ccsc3ncn2n1. The van der Waals surface area contributed by atoms with Crippen LogP contribution in [0.3, 0.4) is 0 Å². The van der Waals surface area contributed by atoms with Gasteiger partial charge in [0, 0.05) is 7.05 Å². The van der Waals surface area contributed by atoms with E-state index in [2.05, 4.69) is 20.2 Å². The Morgan fingerprint density at radius 1 is 1.37 bits per heavy atom. The second kappa shape index (κ2) is 3.75. The molecule has 19 heavy (non-hydrogen) atoms. The summed E-state index contributed by atoms with van der Waals surface area (Å²) in [6, 6.07) is 1.99. The van der Waals surface area contributed by atoms with Gasteiger partial charge in [0.05, 0.1) is 16.6 Å². The molecule has 6 nitrogen and oxygen atoms in total. The van der Waals surface area contributed by atoms with E-state index in [1.54, 1.807) is 33.1 Å². The third kappa shape index (κ3) is 1.48. The molecule has 4 heterocycles. The molecule has 0 fully saturated rings. The van der Waals surface area contributed by atoms with Crippen molar-refractivity contribution in [1.29, 1.82) is 0 Å². The lowest BCUT2D eigenvalue weighted by atomic mass is 10.4. The van der Waals surface area contributed by atoms with Gasteiger partial charge in [-0.3, -0.25) is 4.68 Å². The molecule has 0 unspecified atom stereocenters. The smallest absolute Gasteiger partial charge is 0.202 e. The van der Waals surface area contributed by atoms with Gasteiger partial charge in [0.1, 0.15) is 16.9 Å². The first kappa shape index (κ1) is 10.9. The number of aryl methyl sites for hydroxylation is 1. The predicted octanol–water partition coefficient (Wildman–Crippen LogP) is 2.39. The van der Waals surface area contributed by atoms with Crippen molar-refractivity contribution >= 4 is 38.8 Å². The molecule has 4 rings (SSSR count). The number of fused-ring (bicyclic) bond motifs is 3. The summed E-state index contributed by atoms with van der Waals surface area (Å²) in [6.07, 6.45) is 3.25. The molecule has 4 aromatic rings. The summed E-state index contributed by atoms with van der Waals surface area (Å²) in [5.41, 5.74) is 1.48. The number of halogens is 1. The lowest BCUT2D eigenvalue weighted by molar-refractivity contribution is 0.769. The first-order chi connectivity index (χ1) is 9.24. The van der Waals surface area contributed by atoms with Crippen molar-refractivity contribution < 1.29 is 0 Å². The van der Waals surface area contributed by atoms with Crippen molar-refractivity contribution in [2.24, 2.45) is 7.05 Å². The lowest BCUT2D eigenvalue weighted by Gasteiger charge is -1.95. The molecule has 0 aliphatic heterocycles. The van der Waals surface area contributed by atoms with Gasteiger partial charge in [-0.05, 0) is 11.4 Å². The average molecular weight is 291 g/mol. The molecule has 0 aliphatic rings. The van der Waals surface area contributed by atoms with Crippen LogP contribution in [-0.2, 0) is 7.05 Å². The molecule has 94 valence electrons. The second-order valence-electron chi connectivity index (χ2n) is 4.05. The molecule has 4 aromatic heterocycles. The number of rotatable bonds is 1. The summed E-state index contributed by atoms with van der Waals surface area (Å²) >= 11 is 7.70. The molecule has 8 heteroatoms. The van der Waals surface area contributed by atoms with Crippen LogP contribution in [0.15, 0.2) is 24.0 Å². The predicted molar refractivity (Wildman–Crippen MR) is 73.4 cm³/mol. The number of thiophene rings is 1. The van der Waals surface area contributed by atoms with Crippen molar-refractivity contribution in [3.63, 3.8) is 0 Å². The summed E-state index contributed by atoms with van der Waals surface area (Å²) in [5.74, 6) is 0.547. The van der Waals surface area contributed by atoms with Gasteiger partial charge in [-0.15, -0.1) is 16.4 Å². The van der Waals surface area contributed by atoms with Crippen molar-refractivity contribution in [1.82, 2.24) is 29.4 Å². The van der Waals surface area contributed by atoms with Gasteiger partial charge in [0.15, 0.2) is 5.65 Å². The van der Waals surface area contributed by atoms with Crippen LogP contribution in [0, 0.1) is 0 Å². The zero-order valence-corrected chi connectivity index (χ0v) is 11.4. The van der Waals surface area contributed by atoms with E-state index in [9.17, 15) is 0 Å². The Hall–Kier alpha value is -1.99. The minimum atomic E-state index is 0.535. The highest BCUT2D eigenvalue weighted by atomic mass is 35.5. The molecule has 0 aromatic carbocycles. The summed E-state index contributed by atoms with van der Waals surface area (Å²) in [7, 11) is 1.81. The van der Waals surface area contributed by atoms with Crippen LogP contribution in [-0.4, -0.2) is 29.4 Å². The molecular formula is C11H7ClN6S. The Labute approximate surface area is 116 Å². The number of hydrogen-bond acceptors (Lipinski definition) is 5. The van der Waals surface area contributed by atoms with Gasteiger partial charge in [0.25, 0.3) is 0 Å². The number of aromatic nitrogens is 6. The molecule has 0 spiro atoms. The third-order valence-electron chi connectivity index (χ3n) is 2.91. The number of hydrogen-bond donors (Lipinski definition) is 0. The minimum Gasteiger partial charge on any atom is -0.263 e. The molecule has 0 N–H and O–H groups in total. The van der Waals surface area contributed by atoms with Gasteiger partial charge in [-0.2, -0.15) is 5.10 Å². The van der Waals surface area contributed by atoms with E-state index in [-0.39, 0.29) is 0 Å². The van der Waals surface area contributed by atoms with Crippen LogP contribution in [0.4, 0.5) is 0 Å². The Balaban J connectivity index is 2.07. The van der Waals surface area contributed by atoms with E-state index < -0.39 is 0 Å². The third-order valence-corrected chi connectivity index (χ3v) is 4.00. The minimum absolute atomic E-state index is 0.535. The Bertz CT molecular complexity index is 885. The van der Waals surface area contributed by atoms with Gasteiger partial charge >= 0.3 is 0 Å². The molecule has 0 aliphatic carbocycles. The largest absolute Gasteiger partial charge is 0.263 e. The fraction of sp³-hybridized carbons (Fsp3) is 0.0909. The van der Waals surface area contributed by atoms with Gasteiger partial charge < -0.3 is 0 Å². The maximum atomic E-state index is 6.12. The van der Waals surface area contributed by atoms with Crippen LogP contribution in [0.1, 0.15) is 0 Å². The molecule has 0 atom stereocenters. The van der Waals surface area contributed by atoms with E-state index in [0.29, 0.717) is 16.5 Å². The molecule has 0 saturated carbocycles. The molecule has 0 bridgehead atoms. The standard InChI is InChI=1S/C11H7ClN6S/c1-17-8(7(12)4-14-17)9-15-10-6-2-3-19-11(6)13-5-18(10)16-9/h2-5H,1H3. The van der Waals surface area contributed by atoms with Gasteiger partial charge in [-0.25, -0.2) is 14.5 Å².